The summed E-state index contributed by atoms with van der Waals surface area (Å²) in [6.07, 6.45) is 2.91. The second kappa shape index (κ2) is 8.94. The molecule has 0 radical (unpaired) electrons. The lowest BCUT2D eigenvalue weighted by Gasteiger charge is -2.31. The van der Waals surface area contributed by atoms with Gasteiger partial charge in [-0.2, -0.15) is 4.98 Å². The van der Waals surface area contributed by atoms with E-state index in [2.05, 4.69) is 31.4 Å². The molecule has 0 aliphatic carbocycles. The van der Waals surface area contributed by atoms with Crippen LogP contribution in [0.4, 0.5) is 0 Å². The van der Waals surface area contributed by atoms with Gasteiger partial charge in [0.25, 0.3) is 0 Å². The molecule has 24 heavy (non-hydrogen) atoms. The predicted octanol–water partition coefficient (Wildman–Crippen LogP) is 3.13. The minimum atomic E-state index is 0. The number of aromatic nitrogens is 2. The van der Waals surface area contributed by atoms with Crippen molar-refractivity contribution in [2.75, 3.05) is 20.1 Å². The summed E-state index contributed by atoms with van der Waals surface area (Å²) >= 11 is 4.96. The molecule has 0 unspecified atom stereocenters. The van der Waals surface area contributed by atoms with Gasteiger partial charge in [0.2, 0.25) is 17.6 Å². The molecule has 1 amide bonds. The Hall–Kier alpha value is -0.960. The lowest BCUT2D eigenvalue weighted by atomic mass is 10.0. The molecule has 6 nitrogen and oxygen atoms in total. The highest BCUT2D eigenvalue weighted by molar-refractivity contribution is 9.10. The van der Waals surface area contributed by atoms with Crippen LogP contribution in [0.1, 0.15) is 25.2 Å². The third kappa shape index (κ3) is 4.78. The number of carbonyl (C=O) groups is 1. The van der Waals surface area contributed by atoms with Crippen LogP contribution in [-0.2, 0) is 11.2 Å². The highest BCUT2D eigenvalue weighted by Gasteiger charge is 2.22. The fourth-order valence-corrected chi connectivity index (χ4v) is 4.03. The first-order chi connectivity index (χ1) is 11.1. The largest absolute Gasteiger partial charge is 0.343 e. The number of thiophene rings is 1. The Bertz CT molecular complexity index is 672. The number of aryl methyl sites for hydroxylation is 1. The van der Waals surface area contributed by atoms with Crippen LogP contribution in [0.25, 0.3) is 10.7 Å². The van der Waals surface area contributed by atoms with Crippen molar-refractivity contribution in [3.8, 4) is 10.7 Å². The summed E-state index contributed by atoms with van der Waals surface area (Å²) in [5.74, 6) is 1.22. The van der Waals surface area contributed by atoms with Gasteiger partial charge in [-0.05, 0) is 47.9 Å². The number of hydrogen-bond acceptors (Lipinski definition) is 6. The van der Waals surface area contributed by atoms with Crippen LogP contribution >= 0.6 is 39.7 Å². The van der Waals surface area contributed by atoms with Crippen molar-refractivity contribution in [3.63, 3.8) is 0 Å². The molecule has 1 saturated heterocycles. The Labute approximate surface area is 159 Å². The van der Waals surface area contributed by atoms with E-state index < -0.39 is 0 Å². The van der Waals surface area contributed by atoms with Crippen molar-refractivity contribution >= 4 is 45.6 Å². The van der Waals surface area contributed by atoms with Crippen LogP contribution < -0.4 is 5.32 Å². The zero-order valence-electron chi connectivity index (χ0n) is 13.3. The van der Waals surface area contributed by atoms with E-state index in [9.17, 15) is 4.79 Å². The molecule has 1 N–H and O–H groups in total. The SMILES string of the molecule is CN(C(=O)CCc1nc(-c2cc(Br)cs2)no1)C1CCNCC1.Cl. The van der Waals surface area contributed by atoms with E-state index in [0.717, 1.165) is 35.3 Å². The molecule has 1 aliphatic rings. The van der Waals surface area contributed by atoms with Crippen LogP contribution in [0.15, 0.2) is 20.4 Å². The molecule has 1 aliphatic heterocycles. The summed E-state index contributed by atoms with van der Waals surface area (Å²) in [5.41, 5.74) is 0. The number of carbonyl (C=O) groups excluding carboxylic acids is 1. The summed E-state index contributed by atoms with van der Waals surface area (Å²) in [7, 11) is 1.89. The molecular formula is C15H20BrClN4O2S. The first-order valence-corrected chi connectivity index (χ1v) is 9.34. The van der Waals surface area contributed by atoms with Crippen molar-refractivity contribution in [2.45, 2.75) is 31.7 Å². The van der Waals surface area contributed by atoms with E-state index in [0.29, 0.717) is 30.6 Å². The van der Waals surface area contributed by atoms with Gasteiger partial charge < -0.3 is 14.7 Å². The lowest BCUT2D eigenvalue weighted by molar-refractivity contribution is -0.132. The lowest BCUT2D eigenvalue weighted by Crippen LogP contribution is -2.44. The van der Waals surface area contributed by atoms with E-state index in [1.807, 2.05) is 23.4 Å². The monoisotopic (exact) mass is 434 g/mol. The van der Waals surface area contributed by atoms with Crippen molar-refractivity contribution < 1.29 is 9.32 Å². The third-order valence-corrected chi connectivity index (χ3v) is 5.75. The van der Waals surface area contributed by atoms with E-state index in [4.69, 9.17) is 4.52 Å². The van der Waals surface area contributed by atoms with Crippen LogP contribution in [0.2, 0.25) is 0 Å². The maximum atomic E-state index is 12.3. The molecular weight excluding hydrogens is 416 g/mol. The number of hydrogen-bond donors (Lipinski definition) is 1. The minimum absolute atomic E-state index is 0. The van der Waals surface area contributed by atoms with E-state index in [1.165, 1.54) is 0 Å². The first-order valence-electron chi connectivity index (χ1n) is 7.67. The number of amides is 1. The molecule has 0 atom stereocenters. The smallest absolute Gasteiger partial charge is 0.227 e. The number of rotatable bonds is 5. The molecule has 1 fully saturated rings. The van der Waals surface area contributed by atoms with Gasteiger partial charge >= 0.3 is 0 Å². The molecule has 132 valence electrons. The minimum Gasteiger partial charge on any atom is -0.343 e. The van der Waals surface area contributed by atoms with Gasteiger partial charge in [-0.15, -0.1) is 23.7 Å². The van der Waals surface area contributed by atoms with Gasteiger partial charge in [-0.3, -0.25) is 4.79 Å². The molecule has 2 aromatic heterocycles. The van der Waals surface area contributed by atoms with Gasteiger partial charge in [0.05, 0.1) is 4.88 Å². The van der Waals surface area contributed by atoms with Crippen LogP contribution in [0, 0.1) is 0 Å². The highest BCUT2D eigenvalue weighted by atomic mass is 79.9. The molecule has 0 saturated carbocycles. The van der Waals surface area contributed by atoms with Gasteiger partial charge in [0, 0.05) is 35.8 Å². The molecule has 3 rings (SSSR count). The Kier molecular flexibility index (Phi) is 7.21. The molecule has 3 heterocycles. The van der Waals surface area contributed by atoms with Crippen molar-refractivity contribution in [2.24, 2.45) is 0 Å². The van der Waals surface area contributed by atoms with Crippen molar-refractivity contribution in [1.82, 2.24) is 20.4 Å². The standard InChI is InChI=1S/C15H19BrN4O2S.ClH/c1-20(11-4-6-17-7-5-11)14(21)3-2-13-18-15(19-22-13)12-8-10(16)9-23-12;/h8-9,11,17H,2-7H2,1H3;1H. The Morgan fingerprint density at radius 3 is 2.92 bits per heavy atom. The van der Waals surface area contributed by atoms with E-state index in [1.54, 1.807) is 11.3 Å². The fourth-order valence-electron chi connectivity index (χ4n) is 2.67. The van der Waals surface area contributed by atoms with Gasteiger partial charge in [0.1, 0.15) is 0 Å². The topological polar surface area (TPSA) is 71.3 Å². The third-order valence-electron chi connectivity index (χ3n) is 4.06. The van der Waals surface area contributed by atoms with Crippen molar-refractivity contribution in [1.29, 1.82) is 0 Å². The number of nitrogens with zero attached hydrogens (tertiary/aromatic N) is 3. The van der Waals surface area contributed by atoms with Crippen LogP contribution in [0.5, 0.6) is 0 Å². The van der Waals surface area contributed by atoms with E-state index >= 15 is 0 Å². The normalized spacial score (nSPS) is 15.1. The summed E-state index contributed by atoms with van der Waals surface area (Å²) in [6, 6.07) is 2.29. The molecule has 0 spiro atoms. The summed E-state index contributed by atoms with van der Waals surface area (Å²) in [6.45, 7) is 1.96. The van der Waals surface area contributed by atoms with Gasteiger partial charge in [0.15, 0.2) is 0 Å². The highest BCUT2D eigenvalue weighted by Crippen LogP contribution is 2.27. The van der Waals surface area contributed by atoms with E-state index in [-0.39, 0.29) is 18.3 Å². The fraction of sp³-hybridized carbons (Fsp3) is 0.533. The molecule has 0 bridgehead atoms. The average Bonchev–Trinajstić information content (AvgIpc) is 3.21. The Morgan fingerprint density at radius 2 is 2.25 bits per heavy atom. The molecule has 9 heteroatoms. The zero-order chi connectivity index (χ0) is 16.2. The molecule has 2 aromatic rings. The summed E-state index contributed by atoms with van der Waals surface area (Å²) < 4.78 is 6.26. The zero-order valence-corrected chi connectivity index (χ0v) is 16.5. The summed E-state index contributed by atoms with van der Waals surface area (Å²) in [5, 5.41) is 9.27. The second-order valence-electron chi connectivity index (χ2n) is 5.63. The molecule has 0 aromatic carbocycles. The van der Waals surface area contributed by atoms with Gasteiger partial charge in [-0.25, -0.2) is 0 Å². The maximum absolute atomic E-state index is 12.3. The van der Waals surface area contributed by atoms with Crippen LogP contribution in [0.3, 0.4) is 0 Å². The number of piperidine rings is 1. The first kappa shape index (κ1) is 19.4. The van der Waals surface area contributed by atoms with Gasteiger partial charge in [-0.1, -0.05) is 5.16 Å². The predicted molar refractivity (Wildman–Crippen MR) is 99.5 cm³/mol. The summed E-state index contributed by atoms with van der Waals surface area (Å²) in [4.78, 5) is 19.5. The quantitative estimate of drug-likeness (QED) is 0.781. The van der Waals surface area contributed by atoms with Crippen molar-refractivity contribution in [3.05, 3.63) is 21.8 Å². The maximum Gasteiger partial charge on any atom is 0.227 e. The average molecular weight is 436 g/mol. The Morgan fingerprint density at radius 1 is 1.50 bits per heavy atom. The number of halogens is 2. The van der Waals surface area contributed by atoms with Crippen LogP contribution in [-0.4, -0.2) is 47.1 Å². The second-order valence-corrected chi connectivity index (χ2v) is 7.45. The number of nitrogens with one attached hydrogen (secondary N) is 1. The Balaban J connectivity index is 0.00000208.